The van der Waals surface area contributed by atoms with Gasteiger partial charge in [0.25, 0.3) is 0 Å². The van der Waals surface area contributed by atoms with Gasteiger partial charge in [0.15, 0.2) is 5.82 Å². The molecule has 2 fully saturated rings. The molecule has 2 aromatic rings. The van der Waals surface area contributed by atoms with Gasteiger partial charge < -0.3 is 15.5 Å². The number of hydrogen-bond donors (Lipinski definition) is 2. The smallest absolute Gasteiger partial charge is 0.248 e. The Morgan fingerprint density at radius 2 is 2.07 bits per heavy atom. The average Bonchev–Trinajstić information content (AvgIpc) is 3.39. The Morgan fingerprint density at radius 3 is 2.75 bits per heavy atom. The normalized spacial score (nSPS) is 20.7. The second kappa shape index (κ2) is 10.0. The highest BCUT2D eigenvalue weighted by Crippen LogP contribution is 2.28. The fourth-order valence-electron chi connectivity index (χ4n) is 4.09. The molecule has 1 amide bonds. The Bertz CT molecular complexity index is 723. The van der Waals surface area contributed by atoms with Gasteiger partial charge in [-0.15, -0.1) is 29.9 Å². The maximum atomic E-state index is 13.2. The number of nitrogens with zero attached hydrogens (tertiary/aromatic N) is 5. The Kier molecular flexibility index (Phi) is 8.03. The first kappa shape index (κ1) is 22.4. The minimum Gasteiger partial charge on any atom is -0.352 e. The quantitative estimate of drug-likeness (QED) is 0.749. The number of anilines is 1. The molecule has 2 N–H and O–H groups in total. The third-order valence-electron chi connectivity index (χ3n) is 5.52. The summed E-state index contributed by atoms with van der Waals surface area (Å²) in [6.45, 7) is 3.21. The summed E-state index contributed by atoms with van der Waals surface area (Å²) in [5, 5.41) is 19.1. The number of nitrogens with one attached hydrogen (secondary N) is 2. The predicted octanol–water partition coefficient (Wildman–Crippen LogP) is 1.38. The van der Waals surface area contributed by atoms with E-state index in [1.807, 2.05) is 29.1 Å². The summed E-state index contributed by atoms with van der Waals surface area (Å²) in [4.78, 5) is 15.4. The van der Waals surface area contributed by atoms with Crippen molar-refractivity contribution in [2.24, 2.45) is 0 Å². The lowest BCUT2D eigenvalue weighted by atomic mass is 9.87. The van der Waals surface area contributed by atoms with Crippen LogP contribution < -0.4 is 15.5 Å². The molecule has 2 aromatic heterocycles. The molecule has 0 radical (unpaired) electrons. The highest BCUT2D eigenvalue weighted by molar-refractivity contribution is 5.86. The number of piperidine rings is 1. The van der Waals surface area contributed by atoms with Crippen molar-refractivity contribution in [2.75, 3.05) is 31.1 Å². The van der Waals surface area contributed by atoms with Crippen molar-refractivity contribution >= 4 is 36.5 Å². The molecule has 2 saturated heterocycles. The van der Waals surface area contributed by atoms with Gasteiger partial charge >= 0.3 is 0 Å². The largest absolute Gasteiger partial charge is 0.352 e. The lowest BCUT2D eigenvalue weighted by Crippen LogP contribution is -2.56. The van der Waals surface area contributed by atoms with E-state index in [4.69, 9.17) is 0 Å². The predicted molar refractivity (Wildman–Crippen MR) is 112 cm³/mol. The van der Waals surface area contributed by atoms with E-state index in [2.05, 4.69) is 30.8 Å². The number of carbonyl (C=O) groups excluding carboxylic acids is 1. The van der Waals surface area contributed by atoms with E-state index in [0.717, 1.165) is 51.1 Å². The molecule has 4 rings (SSSR count). The molecule has 0 aliphatic carbocycles. The van der Waals surface area contributed by atoms with Crippen molar-refractivity contribution < 1.29 is 4.79 Å². The topological polar surface area (TPSA) is 88.0 Å². The van der Waals surface area contributed by atoms with E-state index in [-0.39, 0.29) is 36.8 Å². The van der Waals surface area contributed by atoms with Crippen molar-refractivity contribution in [3.63, 3.8) is 0 Å². The zero-order valence-corrected chi connectivity index (χ0v) is 17.3. The lowest BCUT2D eigenvalue weighted by molar-refractivity contribution is -0.132. The first-order chi connectivity index (χ1) is 12.8. The van der Waals surface area contributed by atoms with Crippen molar-refractivity contribution in [2.45, 2.75) is 37.3 Å². The van der Waals surface area contributed by atoms with Crippen molar-refractivity contribution in [1.29, 1.82) is 0 Å². The van der Waals surface area contributed by atoms with Crippen LogP contribution in [0.4, 0.5) is 5.82 Å². The second-order valence-electron chi connectivity index (χ2n) is 7.01. The van der Waals surface area contributed by atoms with Crippen LogP contribution in [0.3, 0.4) is 0 Å². The fraction of sp³-hybridized carbons (Fsp3) is 0.556. The summed E-state index contributed by atoms with van der Waals surface area (Å²) >= 11 is 0. The highest BCUT2D eigenvalue weighted by atomic mass is 35.5. The molecule has 0 aromatic carbocycles. The third kappa shape index (κ3) is 4.39. The molecule has 1 unspecified atom stereocenters. The highest BCUT2D eigenvalue weighted by Gasteiger charge is 2.42. The minimum absolute atomic E-state index is 0. The molecule has 2 aliphatic rings. The molecule has 10 heteroatoms. The van der Waals surface area contributed by atoms with Gasteiger partial charge in [0.05, 0.1) is 0 Å². The van der Waals surface area contributed by atoms with E-state index in [1.165, 1.54) is 0 Å². The van der Waals surface area contributed by atoms with Crippen LogP contribution in [0.15, 0.2) is 36.8 Å². The van der Waals surface area contributed by atoms with Gasteiger partial charge in [-0.25, -0.2) is 0 Å². The molecule has 154 valence electrons. The van der Waals surface area contributed by atoms with E-state index in [0.29, 0.717) is 6.54 Å². The summed E-state index contributed by atoms with van der Waals surface area (Å²) in [6, 6.07) is 6.01. The van der Waals surface area contributed by atoms with Crippen LogP contribution in [0, 0.1) is 0 Å². The van der Waals surface area contributed by atoms with Crippen molar-refractivity contribution in [1.82, 2.24) is 30.6 Å². The van der Waals surface area contributed by atoms with Crippen LogP contribution in [0.5, 0.6) is 0 Å². The van der Waals surface area contributed by atoms with Crippen LogP contribution in [0.25, 0.3) is 0 Å². The van der Waals surface area contributed by atoms with Gasteiger partial charge in [-0.3, -0.25) is 9.48 Å². The third-order valence-corrected chi connectivity index (χ3v) is 5.52. The minimum atomic E-state index is -0.593. The Balaban J connectivity index is 0.00000140. The molecule has 28 heavy (non-hydrogen) atoms. The molecule has 1 atom stereocenters. The van der Waals surface area contributed by atoms with Crippen molar-refractivity contribution in [3.05, 3.63) is 36.8 Å². The van der Waals surface area contributed by atoms with Gasteiger partial charge in [-0.05, 0) is 57.0 Å². The monoisotopic (exact) mass is 427 g/mol. The summed E-state index contributed by atoms with van der Waals surface area (Å²) in [7, 11) is 0. The number of rotatable bonds is 5. The molecule has 8 nitrogen and oxygen atoms in total. The molecule has 4 heterocycles. The van der Waals surface area contributed by atoms with Crippen LogP contribution in [-0.4, -0.2) is 58.1 Å². The van der Waals surface area contributed by atoms with Gasteiger partial charge in [-0.2, -0.15) is 10.2 Å². The van der Waals surface area contributed by atoms with E-state index in [9.17, 15) is 4.79 Å². The van der Waals surface area contributed by atoms with E-state index in [1.54, 1.807) is 12.4 Å². The van der Waals surface area contributed by atoms with Gasteiger partial charge in [0, 0.05) is 37.7 Å². The lowest BCUT2D eigenvalue weighted by Gasteiger charge is -2.37. The van der Waals surface area contributed by atoms with Crippen LogP contribution in [0.2, 0.25) is 0 Å². The zero-order chi connectivity index (χ0) is 17.8. The number of hydrogen-bond acceptors (Lipinski definition) is 6. The zero-order valence-electron chi connectivity index (χ0n) is 15.7. The van der Waals surface area contributed by atoms with Crippen LogP contribution in [-0.2, 0) is 10.3 Å². The van der Waals surface area contributed by atoms with Crippen LogP contribution >= 0.6 is 24.8 Å². The molecular weight excluding hydrogens is 401 g/mol. The maximum Gasteiger partial charge on any atom is 0.248 e. The second-order valence-corrected chi connectivity index (χ2v) is 7.01. The first-order valence-electron chi connectivity index (χ1n) is 9.33. The van der Waals surface area contributed by atoms with Crippen LogP contribution in [0.1, 0.15) is 25.7 Å². The Labute approximate surface area is 177 Å². The standard InChI is InChI=1S/C18H25N7O.2ClH/c26-17(18(6-10-19-11-7-18)25-13-3-9-22-25)20-14-15-4-2-12-24(15)16-5-1-8-21-23-16;;/h1,3,5,8-9,13,15,19H,2,4,6-7,10-12,14H2,(H,20,26);2*1H. The maximum absolute atomic E-state index is 13.2. The Hall–Kier alpha value is -1.90. The van der Waals surface area contributed by atoms with E-state index < -0.39 is 5.54 Å². The summed E-state index contributed by atoms with van der Waals surface area (Å²) in [6.07, 6.45) is 8.97. The van der Waals surface area contributed by atoms with Gasteiger partial charge in [0.2, 0.25) is 5.91 Å². The number of halogens is 2. The number of carbonyl (C=O) groups is 1. The molecule has 0 spiro atoms. The first-order valence-corrected chi connectivity index (χ1v) is 9.33. The van der Waals surface area contributed by atoms with Gasteiger partial charge in [0.1, 0.15) is 5.54 Å². The van der Waals surface area contributed by atoms with E-state index >= 15 is 0 Å². The SMILES string of the molecule is Cl.Cl.O=C(NCC1CCCN1c1cccnn1)C1(n2cccn2)CCNCC1. The molecular formula is C18H27Cl2N7O. The number of amides is 1. The molecule has 0 saturated carbocycles. The molecule has 2 aliphatic heterocycles. The average molecular weight is 428 g/mol. The fourth-order valence-corrected chi connectivity index (χ4v) is 4.09. The van der Waals surface area contributed by atoms with Gasteiger partial charge in [-0.1, -0.05) is 0 Å². The summed E-state index contributed by atoms with van der Waals surface area (Å²) in [5.74, 6) is 0.946. The number of aromatic nitrogens is 4. The summed E-state index contributed by atoms with van der Waals surface area (Å²) < 4.78 is 1.83. The summed E-state index contributed by atoms with van der Waals surface area (Å²) in [5.41, 5.74) is -0.593. The Morgan fingerprint density at radius 1 is 1.25 bits per heavy atom. The molecule has 0 bridgehead atoms. The van der Waals surface area contributed by atoms with Crippen molar-refractivity contribution in [3.8, 4) is 0 Å².